The van der Waals surface area contributed by atoms with Crippen molar-refractivity contribution in [1.82, 2.24) is 5.32 Å². The van der Waals surface area contributed by atoms with Crippen molar-refractivity contribution in [2.45, 2.75) is 25.8 Å². The molecule has 126 valence electrons. The Morgan fingerprint density at radius 3 is 2.54 bits per heavy atom. The standard InChI is InChI=1S/C19H21NO4/c1-2-17(15-8-4-3-5-9-15)19(23)20-12-14-7-6-10-16(11-14)24-13-18(21)22/h3-11,17H,2,12-13H2,1H3,(H,20,23)(H,21,22). The van der Waals surface area contributed by atoms with E-state index < -0.39 is 5.97 Å². The SMILES string of the molecule is CCC(C(=O)NCc1cccc(OCC(=O)O)c1)c1ccccc1. The summed E-state index contributed by atoms with van der Waals surface area (Å²) in [4.78, 5) is 23.0. The van der Waals surface area contributed by atoms with Crippen molar-refractivity contribution in [3.63, 3.8) is 0 Å². The molecule has 0 heterocycles. The van der Waals surface area contributed by atoms with E-state index in [9.17, 15) is 9.59 Å². The number of benzene rings is 2. The maximum absolute atomic E-state index is 12.4. The highest BCUT2D eigenvalue weighted by atomic mass is 16.5. The highest BCUT2D eigenvalue weighted by Gasteiger charge is 2.17. The van der Waals surface area contributed by atoms with Crippen LogP contribution in [-0.2, 0) is 16.1 Å². The van der Waals surface area contributed by atoms with Crippen LogP contribution in [0.3, 0.4) is 0 Å². The Labute approximate surface area is 141 Å². The van der Waals surface area contributed by atoms with Gasteiger partial charge in [-0.05, 0) is 29.7 Å². The Bertz CT molecular complexity index is 685. The van der Waals surface area contributed by atoms with E-state index in [-0.39, 0.29) is 18.4 Å². The Morgan fingerprint density at radius 2 is 1.88 bits per heavy atom. The molecule has 2 N–H and O–H groups in total. The maximum atomic E-state index is 12.4. The summed E-state index contributed by atoms with van der Waals surface area (Å²) in [6.45, 7) is 1.96. The number of aliphatic carboxylic acids is 1. The van der Waals surface area contributed by atoms with Crippen LogP contribution in [0.2, 0.25) is 0 Å². The number of hydrogen-bond donors (Lipinski definition) is 2. The third-order valence-corrected chi connectivity index (χ3v) is 3.65. The molecular weight excluding hydrogens is 306 g/mol. The van der Waals surface area contributed by atoms with Crippen LogP contribution in [0.4, 0.5) is 0 Å². The second-order valence-electron chi connectivity index (χ2n) is 5.42. The van der Waals surface area contributed by atoms with Gasteiger partial charge >= 0.3 is 5.97 Å². The second kappa shape index (κ2) is 8.72. The molecule has 24 heavy (non-hydrogen) atoms. The van der Waals surface area contributed by atoms with Gasteiger partial charge in [0.1, 0.15) is 5.75 Å². The predicted octanol–water partition coefficient (Wildman–Crippen LogP) is 2.96. The Balaban J connectivity index is 1.95. The Morgan fingerprint density at radius 1 is 1.12 bits per heavy atom. The van der Waals surface area contributed by atoms with Crippen molar-refractivity contribution in [2.75, 3.05) is 6.61 Å². The summed E-state index contributed by atoms with van der Waals surface area (Å²) in [5.41, 5.74) is 1.85. The Hall–Kier alpha value is -2.82. The molecular formula is C19H21NO4. The molecule has 2 aromatic carbocycles. The van der Waals surface area contributed by atoms with Crippen molar-refractivity contribution in [1.29, 1.82) is 0 Å². The smallest absolute Gasteiger partial charge is 0.341 e. The maximum Gasteiger partial charge on any atom is 0.341 e. The van der Waals surface area contributed by atoms with E-state index >= 15 is 0 Å². The molecule has 0 aliphatic heterocycles. The summed E-state index contributed by atoms with van der Waals surface area (Å²) in [6.07, 6.45) is 0.720. The molecule has 0 saturated carbocycles. The molecule has 0 aliphatic rings. The molecule has 0 aliphatic carbocycles. The molecule has 0 aromatic heterocycles. The van der Waals surface area contributed by atoms with Crippen LogP contribution in [0.15, 0.2) is 54.6 Å². The highest BCUT2D eigenvalue weighted by molar-refractivity contribution is 5.83. The fourth-order valence-electron chi connectivity index (χ4n) is 2.46. The number of amides is 1. The van der Waals surface area contributed by atoms with Crippen molar-refractivity contribution >= 4 is 11.9 Å². The van der Waals surface area contributed by atoms with Crippen LogP contribution >= 0.6 is 0 Å². The zero-order valence-corrected chi connectivity index (χ0v) is 13.6. The first-order valence-electron chi connectivity index (χ1n) is 7.86. The number of rotatable bonds is 8. The summed E-state index contributed by atoms with van der Waals surface area (Å²) < 4.78 is 5.14. The van der Waals surface area contributed by atoms with Gasteiger partial charge in [0.15, 0.2) is 6.61 Å². The summed E-state index contributed by atoms with van der Waals surface area (Å²) in [7, 11) is 0. The fourth-order valence-corrected chi connectivity index (χ4v) is 2.46. The largest absolute Gasteiger partial charge is 0.482 e. The normalized spacial score (nSPS) is 11.5. The molecule has 2 aromatic rings. The molecule has 1 amide bonds. The molecule has 0 saturated heterocycles. The van der Waals surface area contributed by atoms with Crippen LogP contribution in [0.25, 0.3) is 0 Å². The molecule has 0 radical (unpaired) electrons. The monoisotopic (exact) mass is 327 g/mol. The Kier molecular flexibility index (Phi) is 6.37. The van der Waals surface area contributed by atoms with Crippen LogP contribution in [0, 0.1) is 0 Å². The fraction of sp³-hybridized carbons (Fsp3) is 0.263. The number of carboxylic acid groups (broad SMARTS) is 1. The number of hydrogen-bond acceptors (Lipinski definition) is 3. The quantitative estimate of drug-likeness (QED) is 0.781. The average molecular weight is 327 g/mol. The van der Waals surface area contributed by atoms with Gasteiger partial charge in [-0.15, -0.1) is 0 Å². The lowest BCUT2D eigenvalue weighted by atomic mass is 9.95. The molecule has 0 bridgehead atoms. The molecule has 5 nitrogen and oxygen atoms in total. The predicted molar refractivity (Wildman–Crippen MR) is 90.9 cm³/mol. The van der Waals surface area contributed by atoms with E-state index in [1.54, 1.807) is 18.2 Å². The van der Waals surface area contributed by atoms with Gasteiger partial charge in [0.05, 0.1) is 5.92 Å². The minimum Gasteiger partial charge on any atom is -0.482 e. The number of carbonyl (C=O) groups is 2. The van der Waals surface area contributed by atoms with E-state index in [4.69, 9.17) is 9.84 Å². The lowest BCUT2D eigenvalue weighted by Gasteiger charge is -2.15. The minimum absolute atomic E-state index is 0.0273. The molecule has 0 spiro atoms. The van der Waals surface area contributed by atoms with Gasteiger partial charge in [-0.25, -0.2) is 4.79 Å². The van der Waals surface area contributed by atoms with Crippen molar-refractivity contribution in [3.05, 3.63) is 65.7 Å². The molecule has 1 unspecified atom stereocenters. The lowest BCUT2D eigenvalue weighted by molar-refractivity contribution is -0.139. The van der Waals surface area contributed by atoms with Gasteiger partial charge in [-0.2, -0.15) is 0 Å². The summed E-state index contributed by atoms with van der Waals surface area (Å²) in [6, 6.07) is 16.7. The third-order valence-electron chi connectivity index (χ3n) is 3.65. The van der Waals surface area contributed by atoms with Crippen LogP contribution in [-0.4, -0.2) is 23.6 Å². The minimum atomic E-state index is -1.03. The van der Waals surface area contributed by atoms with Crippen molar-refractivity contribution in [2.24, 2.45) is 0 Å². The van der Waals surface area contributed by atoms with E-state index in [1.807, 2.05) is 43.3 Å². The highest BCUT2D eigenvalue weighted by Crippen LogP contribution is 2.20. The summed E-state index contributed by atoms with van der Waals surface area (Å²) in [5.74, 6) is -0.764. The number of carbonyl (C=O) groups excluding carboxylic acids is 1. The van der Waals surface area contributed by atoms with E-state index in [2.05, 4.69) is 5.32 Å². The van der Waals surface area contributed by atoms with Crippen LogP contribution in [0.5, 0.6) is 5.75 Å². The molecule has 1 atom stereocenters. The first-order chi connectivity index (χ1) is 11.6. The van der Waals surface area contributed by atoms with E-state index in [0.29, 0.717) is 12.3 Å². The van der Waals surface area contributed by atoms with Crippen molar-refractivity contribution < 1.29 is 19.4 Å². The second-order valence-corrected chi connectivity index (χ2v) is 5.42. The first kappa shape index (κ1) is 17.5. The van der Waals surface area contributed by atoms with Gasteiger partial charge in [-0.1, -0.05) is 49.4 Å². The van der Waals surface area contributed by atoms with Crippen LogP contribution in [0.1, 0.15) is 30.4 Å². The topological polar surface area (TPSA) is 75.6 Å². The summed E-state index contributed by atoms with van der Waals surface area (Å²) in [5, 5.41) is 11.6. The van der Waals surface area contributed by atoms with Gasteiger partial charge < -0.3 is 15.2 Å². The third kappa shape index (κ3) is 5.12. The summed E-state index contributed by atoms with van der Waals surface area (Å²) >= 11 is 0. The number of ether oxygens (including phenoxy) is 1. The number of nitrogens with one attached hydrogen (secondary N) is 1. The molecule has 0 fully saturated rings. The van der Waals surface area contributed by atoms with E-state index in [0.717, 1.165) is 17.5 Å². The van der Waals surface area contributed by atoms with Gasteiger partial charge in [-0.3, -0.25) is 4.79 Å². The van der Waals surface area contributed by atoms with Gasteiger partial charge in [0.25, 0.3) is 0 Å². The molecule has 2 rings (SSSR count). The molecule has 5 heteroatoms. The van der Waals surface area contributed by atoms with Crippen molar-refractivity contribution in [3.8, 4) is 5.75 Å². The van der Waals surface area contributed by atoms with Crippen LogP contribution < -0.4 is 10.1 Å². The number of carboxylic acids is 1. The zero-order chi connectivity index (χ0) is 17.4. The van der Waals surface area contributed by atoms with Gasteiger partial charge in [0, 0.05) is 6.54 Å². The zero-order valence-electron chi connectivity index (χ0n) is 13.6. The van der Waals surface area contributed by atoms with E-state index in [1.165, 1.54) is 0 Å². The lowest BCUT2D eigenvalue weighted by Crippen LogP contribution is -2.28. The average Bonchev–Trinajstić information content (AvgIpc) is 2.60. The van der Waals surface area contributed by atoms with Gasteiger partial charge in [0.2, 0.25) is 5.91 Å². The first-order valence-corrected chi connectivity index (χ1v) is 7.86.